The molecule has 1 aromatic carbocycles. The molecule has 154 valence electrons. The lowest BCUT2D eigenvalue weighted by molar-refractivity contribution is -0.144. The van der Waals surface area contributed by atoms with Crippen LogP contribution in [0, 0.1) is 24.7 Å². The van der Waals surface area contributed by atoms with Crippen LogP contribution < -0.4 is 5.32 Å². The number of hydrogen-bond donors (Lipinski definition) is 2. The van der Waals surface area contributed by atoms with Gasteiger partial charge in [-0.15, -0.1) is 0 Å². The molecule has 3 unspecified atom stereocenters. The maximum absolute atomic E-state index is 13.5. The van der Waals surface area contributed by atoms with Crippen LogP contribution in [0.1, 0.15) is 62.4 Å². The third-order valence-corrected chi connectivity index (χ3v) is 6.83. The number of carbonyl (C=O) groups excluding carboxylic acids is 3. The van der Waals surface area contributed by atoms with Gasteiger partial charge in [0, 0.05) is 41.3 Å². The van der Waals surface area contributed by atoms with Crippen molar-refractivity contribution in [1.29, 1.82) is 0 Å². The number of aromatic amines is 1. The Balaban J connectivity index is 1.81. The van der Waals surface area contributed by atoms with Gasteiger partial charge in [0.05, 0.1) is 12.0 Å². The molecular weight excluding hydrogens is 364 g/mol. The van der Waals surface area contributed by atoms with Crippen LogP contribution in [-0.4, -0.2) is 28.9 Å². The van der Waals surface area contributed by atoms with E-state index in [1.165, 1.54) is 16.5 Å². The Morgan fingerprint density at radius 3 is 2.28 bits per heavy atom. The molecule has 1 saturated carbocycles. The second-order valence-electron chi connectivity index (χ2n) is 8.69. The van der Waals surface area contributed by atoms with E-state index >= 15 is 0 Å². The fourth-order valence-electron chi connectivity index (χ4n) is 5.16. The predicted octanol–water partition coefficient (Wildman–Crippen LogP) is 3.83. The highest BCUT2D eigenvalue weighted by Gasteiger charge is 2.45. The second-order valence-corrected chi connectivity index (χ2v) is 8.69. The number of nitrogens with one attached hydrogen (secondary N) is 2. The topological polar surface area (TPSA) is 79.0 Å². The highest BCUT2D eigenvalue weighted by Crippen LogP contribution is 2.39. The number of benzene rings is 1. The van der Waals surface area contributed by atoms with E-state index in [0.717, 1.165) is 24.2 Å². The predicted molar refractivity (Wildman–Crippen MR) is 113 cm³/mol. The molecule has 5 heteroatoms. The van der Waals surface area contributed by atoms with Gasteiger partial charge in [-0.25, -0.2) is 0 Å². The first-order valence-corrected chi connectivity index (χ1v) is 10.9. The lowest BCUT2D eigenvalue weighted by atomic mass is 9.71. The molecule has 0 saturated heterocycles. The van der Waals surface area contributed by atoms with Crippen molar-refractivity contribution in [3.05, 3.63) is 35.0 Å². The number of aromatic nitrogens is 1. The quantitative estimate of drug-likeness (QED) is 0.776. The number of Topliss-reactive ketones (excluding diaryl/α,β-unsaturated/α-hetero) is 3. The van der Waals surface area contributed by atoms with E-state index in [-0.39, 0.29) is 48.1 Å². The molecule has 0 spiro atoms. The van der Waals surface area contributed by atoms with Gasteiger partial charge in [-0.2, -0.15) is 0 Å². The van der Waals surface area contributed by atoms with Crippen LogP contribution in [0.5, 0.6) is 0 Å². The van der Waals surface area contributed by atoms with Gasteiger partial charge in [0.1, 0.15) is 17.3 Å². The summed E-state index contributed by atoms with van der Waals surface area (Å²) in [5, 5.41) is 4.66. The fraction of sp³-hybridized carbons (Fsp3) is 0.542. The smallest absolute Gasteiger partial charge is 0.148 e. The van der Waals surface area contributed by atoms with Crippen molar-refractivity contribution in [2.24, 2.45) is 17.8 Å². The lowest BCUT2D eigenvalue weighted by Crippen LogP contribution is -2.47. The Hall–Kier alpha value is -2.27. The second kappa shape index (κ2) is 7.86. The molecule has 0 radical (unpaired) electrons. The van der Waals surface area contributed by atoms with Crippen molar-refractivity contribution in [3.63, 3.8) is 0 Å². The van der Waals surface area contributed by atoms with E-state index in [2.05, 4.69) is 35.4 Å². The van der Waals surface area contributed by atoms with E-state index in [4.69, 9.17) is 0 Å². The van der Waals surface area contributed by atoms with Gasteiger partial charge in [0.15, 0.2) is 0 Å². The molecule has 0 amide bonds. The number of aryl methyl sites for hydroxylation is 1. The SMILES string of the molecule is CCC1CC(=O)CC(CC)C(=O)C(C2NCCc3c2[nH]c2ccc(C)cc32)C1=O. The molecule has 1 aliphatic carbocycles. The molecule has 2 N–H and O–H groups in total. The maximum Gasteiger partial charge on any atom is 0.148 e. The zero-order valence-electron chi connectivity index (χ0n) is 17.5. The minimum Gasteiger partial charge on any atom is -0.357 e. The van der Waals surface area contributed by atoms with Gasteiger partial charge in [0.25, 0.3) is 0 Å². The molecule has 2 aromatic rings. The van der Waals surface area contributed by atoms with E-state index in [1.807, 2.05) is 13.8 Å². The minimum atomic E-state index is -0.730. The first-order chi connectivity index (χ1) is 13.9. The van der Waals surface area contributed by atoms with Gasteiger partial charge >= 0.3 is 0 Å². The van der Waals surface area contributed by atoms with E-state index < -0.39 is 5.92 Å². The summed E-state index contributed by atoms with van der Waals surface area (Å²) in [6, 6.07) is 5.98. The summed E-state index contributed by atoms with van der Waals surface area (Å²) in [7, 11) is 0. The summed E-state index contributed by atoms with van der Waals surface area (Å²) < 4.78 is 0. The lowest BCUT2D eigenvalue weighted by Gasteiger charge is -2.35. The number of rotatable bonds is 3. The molecule has 1 aliphatic heterocycles. The Morgan fingerprint density at radius 2 is 1.66 bits per heavy atom. The summed E-state index contributed by atoms with van der Waals surface area (Å²) in [5.41, 5.74) is 4.44. The Bertz CT molecular complexity index is 946. The minimum absolute atomic E-state index is 0.0437. The van der Waals surface area contributed by atoms with E-state index in [9.17, 15) is 14.4 Å². The Morgan fingerprint density at radius 1 is 1.00 bits per heavy atom. The average molecular weight is 395 g/mol. The Labute approximate surface area is 171 Å². The van der Waals surface area contributed by atoms with Crippen molar-refractivity contribution >= 4 is 28.3 Å². The summed E-state index contributed by atoms with van der Waals surface area (Å²) in [6.07, 6.45) is 2.59. The van der Waals surface area contributed by atoms with E-state index in [1.54, 1.807) is 0 Å². The van der Waals surface area contributed by atoms with Crippen molar-refractivity contribution in [1.82, 2.24) is 10.3 Å². The summed E-state index contributed by atoms with van der Waals surface area (Å²) in [6.45, 7) is 6.68. The van der Waals surface area contributed by atoms with Crippen molar-refractivity contribution in [3.8, 4) is 0 Å². The highest BCUT2D eigenvalue weighted by atomic mass is 16.2. The molecule has 29 heavy (non-hydrogen) atoms. The molecule has 4 rings (SSSR count). The molecule has 2 heterocycles. The van der Waals surface area contributed by atoms with Gasteiger partial charge in [-0.05, 0) is 50.4 Å². The van der Waals surface area contributed by atoms with E-state index in [0.29, 0.717) is 12.8 Å². The van der Waals surface area contributed by atoms with Crippen LogP contribution in [0.2, 0.25) is 0 Å². The number of hydrogen-bond acceptors (Lipinski definition) is 4. The molecular formula is C24H30N2O3. The van der Waals surface area contributed by atoms with Crippen LogP contribution in [0.15, 0.2) is 18.2 Å². The van der Waals surface area contributed by atoms with Crippen LogP contribution in [0.3, 0.4) is 0 Å². The summed E-state index contributed by atoms with van der Waals surface area (Å²) in [5.74, 6) is -1.55. The standard InChI is InChI=1S/C24H30N2O3/c1-4-14-11-16(27)12-15(5-2)24(29)20(23(14)28)22-21-17(8-9-25-22)18-10-13(3)6-7-19(18)26-21/h6-7,10,14-15,20,22,25-26H,4-5,8-9,11-12H2,1-3H3. The number of carbonyl (C=O) groups is 3. The monoisotopic (exact) mass is 394 g/mol. The van der Waals surface area contributed by atoms with Crippen LogP contribution in [0.4, 0.5) is 0 Å². The van der Waals surface area contributed by atoms with Gasteiger partial charge < -0.3 is 10.3 Å². The molecule has 5 nitrogen and oxygen atoms in total. The summed E-state index contributed by atoms with van der Waals surface area (Å²) >= 11 is 0. The third-order valence-electron chi connectivity index (χ3n) is 6.83. The maximum atomic E-state index is 13.5. The van der Waals surface area contributed by atoms with Gasteiger partial charge in [-0.1, -0.05) is 25.5 Å². The Kier molecular flexibility index (Phi) is 5.43. The third kappa shape index (κ3) is 3.46. The van der Waals surface area contributed by atoms with Crippen molar-refractivity contribution < 1.29 is 14.4 Å². The first-order valence-electron chi connectivity index (χ1n) is 10.9. The number of ketones is 3. The van der Waals surface area contributed by atoms with Gasteiger partial charge in [0.2, 0.25) is 0 Å². The fourth-order valence-corrected chi connectivity index (χ4v) is 5.16. The molecule has 1 fully saturated rings. The van der Waals surface area contributed by atoms with Crippen molar-refractivity contribution in [2.45, 2.75) is 58.9 Å². The largest absolute Gasteiger partial charge is 0.357 e. The molecule has 1 aromatic heterocycles. The zero-order valence-corrected chi connectivity index (χ0v) is 17.5. The molecule has 3 atom stereocenters. The highest BCUT2D eigenvalue weighted by molar-refractivity contribution is 6.08. The molecule has 2 aliphatic rings. The van der Waals surface area contributed by atoms with Crippen molar-refractivity contribution in [2.75, 3.05) is 6.54 Å². The zero-order chi connectivity index (χ0) is 20.7. The first kappa shape index (κ1) is 20.0. The average Bonchev–Trinajstić information content (AvgIpc) is 3.08. The molecule has 0 bridgehead atoms. The van der Waals surface area contributed by atoms with Crippen LogP contribution >= 0.6 is 0 Å². The van der Waals surface area contributed by atoms with Crippen LogP contribution in [0.25, 0.3) is 10.9 Å². The summed E-state index contributed by atoms with van der Waals surface area (Å²) in [4.78, 5) is 42.9. The van der Waals surface area contributed by atoms with Gasteiger partial charge in [-0.3, -0.25) is 14.4 Å². The normalized spacial score (nSPS) is 28.3. The van der Waals surface area contributed by atoms with Crippen LogP contribution in [-0.2, 0) is 20.8 Å². The number of H-pyrrole nitrogens is 1. The number of fused-ring (bicyclic) bond motifs is 3.